The van der Waals surface area contributed by atoms with Crippen LogP contribution in [0.25, 0.3) is 0 Å². The average Bonchev–Trinajstić information content (AvgIpc) is 2.20. The first-order valence-corrected chi connectivity index (χ1v) is 2.79. The average molecular weight is 139 g/mol. The van der Waals surface area contributed by atoms with Gasteiger partial charge in [-0.2, -0.15) is 14.8 Å². The Balaban J connectivity index is 2.96. The molecule has 52 valence electrons. The quantitative estimate of drug-likeness (QED) is 0.572. The first-order valence-electron chi connectivity index (χ1n) is 2.79. The van der Waals surface area contributed by atoms with E-state index in [1.165, 1.54) is 13.2 Å². The van der Waals surface area contributed by atoms with E-state index in [4.69, 9.17) is 5.26 Å². The summed E-state index contributed by atoms with van der Waals surface area (Å²) in [4.78, 5) is 0. The van der Waals surface area contributed by atoms with Crippen LogP contribution in [0.1, 0.15) is 5.56 Å². The van der Waals surface area contributed by atoms with Gasteiger partial charge in [0.1, 0.15) is 0 Å². The summed E-state index contributed by atoms with van der Waals surface area (Å²) < 4.78 is 13.8. The molecule has 0 saturated heterocycles. The number of nitrogens with zero attached hydrogens (tertiary/aromatic N) is 3. The van der Waals surface area contributed by atoms with Crippen LogP contribution in [0.2, 0.25) is 0 Å². The largest absolute Gasteiger partial charge is 0.242 e. The van der Waals surface area contributed by atoms with Crippen LogP contribution in [0.5, 0.6) is 0 Å². The minimum atomic E-state index is -0.429. The first-order chi connectivity index (χ1) is 4.75. The van der Waals surface area contributed by atoms with Gasteiger partial charge in [0.05, 0.1) is 18.7 Å². The van der Waals surface area contributed by atoms with Crippen LogP contribution in [-0.2, 0) is 13.5 Å². The van der Waals surface area contributed by atoms with E-state index < -0.39 is 5.95 Å². The maximum atomic E-state index is 12.7. The molecule has 0 bridgehead atoms. The topological polar surface area (TPSA) is 41.6 Å². The van der Waals surface area contributed by atoms with E-state index in [-0.39, 0.29) is 6.42 Å². The molecular formula is C6H6FN3. The zero-order valence-corrected chi connectivity index (χ0v) is 5.50. The van der Waals surface area contributed by atoms with E-state index in [9.17, 15) is 4.39 Å². The Kier molecular flexibility index (Phi) is 1.67. The highest BCUT2D eigenvalue weighted by atomic mass is 19.1. The van der Waals surface area contributed by atoms with Crippen LogP contribution >= 0.6 is 0 Å². The van der Waals surface area contributed by atoms with Gasteiger partial charge in [-0.3, -0.25) is 0 Å². The van der Waals surface area contributed by atoms with Gasteiger partial charge >= 0.3 is 0 Å². The standard InChI is InChI=1S/C6H6FN3/c1-10-6(7)5(2-3-8)4-9-10/h4H,2H2,1H3. The molecule has 4 heteroatoms. The molecule has 0 radical (unpaired) electrons. The highest BCUT2D eigenvalue weighted by Crippen LogP contribution is 2.03. The van der Waals surface area contributed by atoms with Crippen LogP contribution in [0.3, 0.4) is 0 Å². The number of aryl methyl sites for hydroxylation is 1. The van der Waals surface area contributed by atoms with Crippen molar-refractivity contribution < 1.29 is 4.39 Å². The van der Waals surface area contributed by atoms with Crippen LogP contribution in [0.15, 0.2) is 6.20 Å². The number of rotatable bonds is 1. The van der Waals surface area contributed by atoms with Gasteiger partial charge < -0.3 is 0 Å². The van der Waals surface area contributed by atoms with Gasteiger partial charge in [-0.25, -0.2) is 4.68 Å². The number of nitriles is 1. The van der Waals surface area contributed by atoms with Crippen molar-refractivity contribution in [3.8, 4) is 6.07 Å². The Bertz CT molecular complexity index is 271. The highest BCUT2D eigenvalue weighted by Gasteiger charge is 2.05. The van der Waals surface area contributed by atoms with E-state index in [1.54, 1.807) is 0 Å². The summed E-state index contributed by atoms with van der Waals surface area (Å²) >= 11 is 0. The molecular weight excluding hydrogens is 133 g/mol. The van der Waals surface area contributed by atoms with Crippen molar-refractivity contribution in [3.05, 3.63) is 17.7 Å². The SMILES string of the molecule is Cn1ncc(CC#N)c1F. The number of aromatic nitrogens is 2. The normalized spacial score (nSPS) is 9.30. The molecule has 0 spiro atoms. The van der Waals surface area contributed by atoms with Gasteiger partial charge in [0, 0.05) is 12.6 Å². The zero-order chi connectivity index (χ0) is 7.56. The van der Waals surface area contributed by atoms with Crippen LogP contribution < -0.4 is 0 Å². The molecule has 0 unspecified atom stereocenters. The van der Waals surface area contributed by atoms with Crippen LogP contribution in [0.4, 0.5) is 4.39 Å². The fourth-order valence-electron chi connectivity index (χ4n) is 0.672. The zero-order valence-electron chi connectivity index (χ0n) is 5.50. The molecule has 0 aliphatic rings. The lowest BCUT2D eigenvalue weighted by Gasteiger charge is -1.88. The van der Waals surface area contributed by atoms with Crippen molar-refractivity contribution in [1.82, 2.24) is 9.78 Å². The van der Waals surface area contributed by atoms with Gasteiger partial charge in [-0.15, -0.1) is 0 Å². The summed E-state index contributed by atoms with van der Waals surface area (Å²) in [5.74, 6) is -0.429. The van der Waals surface area contributed by atoms with Crippen LogP contribution in [-0.4, -0.2) is 9.78 Å². The van der Waals surface area contributed by atoms with Gasteiger partial charge in [-0.05, 0) is 0 Å². The van der Waals surface area contributed by atoms with E-state index in [1.807, 2.05) is 6.07 Å². The number of hydrogen-bond donors (Lipinski definition) is 0. The predicted octanol–water partition coefficient (Wildman–Crippen LogP) is 0.625. The van der Waals surface area contributed by atoms with E-state index in [0.29, 0.717) is 5.56 Å². The maximum absolute atomic E-state index is 12.7. The smallest absolute Gasteiger partial charge is 0.215 e. The van der Waals surface area contributed by atoms with Gasteiger partial charge in [0.25, 0.3) is 0 Å². The van der Waals surface area contributed by atoms with Crippen molar-refractivity contribution in [2.45, 2.75) is 6.42 Å². The number of halogens is 1. The van der Waals surface area contributed by atoms with Gasteiger partial charge in [-0.1, -0.05) is 0 Å². The maximum Gasteiger partial charge on any atom is 0.215 e. The molecule has 10 heavy (non-hydrogen) atoms. The lowest BCUT2D eigenvalue weighted by Crippen LogP contribution is -1.94. The molecule has 0 N–H and O–H groups in total. The second kappa shape index (κ2) is 2.48. The molecule has 0 amide bonds. The Morgan fingerprint density at radius 3 is 3.00 bits per heavy atom. The molecule has 0 atom stereocenters. The molecule has 1 aromatic heterocycles. The molecule has 1 heterocycles. The predicted molar refractivity (Wildman–Crippen MR) is 32.5 cm³/mol. The summed E-state index contributed by atoms with van der Waals surface area (Å²) in [6.07, 6.45) is 1.44. The Hall–Kier alpha value is -1.37. The third-order valence-corrected chi connectivity index (χ3v) is 1.21. The lowest BCUT2D eigenvalue weighted by molar-refractivity contribution is 0.497. The summed E-state index contributed by atoms with van der Waals surface area (Å²) in [6.45, 7) is 0. The first kappa shape index (κ1) is 6.75. The Labute approximate surface area is 57.7 Å². The fourth-order valence-corrected chi connectivity index (χ4v) is 0.672. The molecule has 0 aliphatic carbocycles. The van der Waals surface area contributed by atoms with Crippen molar-refractivity contribution in [1.29, 1.82) is 5.26 Å². The molecule has 1 rings (SSSR count). The number of hydrogen-bond acceptors (Lipinski definition) is 2. The van der Waals surface area contributed by atoms with Gasteiger partial charge in [0.2, 0.25) is 5.95 Å². The van der Waals surface area contributed by atoms with Crippen molar-refractivity contribution in [2.24, 2.45) is 7.05 Å². The summed E-state index contributed by atoms with van der Waals surface area (Å²) in [7, 11) is 1.50. The van der Waals surface area contributed by atoms with E-state index in [0.717, 1.165) is 4.68 Å². The Morgan fingerprint density at radius 2 is 2.60 bits per heavy atom. The molecule has 0 fully saturated rings. The molecule has 0 saturated carbocycles. The van der Waals surface area contributed by atoms with E-state index in [2.05, 4.69) is 5.10 Å². The summed E-state index contributed by atoms with van der Waals surface area (Å²) in [5.41, 5.74) is 0.352. The molecule has 1 aromatic rings. The summed E-state index contributed by atoms with van der Waals surface area (Å²) in [5, 5.41) is 11.8. The minimum absolute atomic E-state index is 0.0830. The molecule has 0 aliphatic heterocycles. The molecule has 0 aromatic carbocycles. The summed E-state index contributed by atoms with van der Waals surface area (Å²) in [6, 6.07) is 1.84. The third kappa shape index (κ3) is 0.982. The second-order valence-electron chi connectivity index (χ2n) is 1.92. The van der Waals surface area contributed by atoms with Crippen molar-refractivity contribution in [2.75, 3.05) is 0 Å². The Morgan fingerprint density at radius 1 is 1.90 bits per heavy atom. The fraction of sp³-hybridized carbons (Fsp3) is 0.333. The monoisotopic (exact) mass is 139 g/mol. The highest BCUT2D eigenvalue weighted by molar-refractivity contribution is 5.11. The van der Waals surface area contributed by atoms with Crippen molar-refractivity contribution >= 4 is 0 Å². The van der Waals surface area contributed by atoms with E-state index >= 15 is 0 Å². The van der Waals surface area contributed by atoms with Crippen molar-refractivity contribution in [3.63, 3.8) is 0 Å². The van der Waals surface area contributed by atoms with Gasteiger partial charge in [0.15, 0.2) is 0 Å². The van der Waals surface area contributed by atoms with Crippen LogP contribution in [0, 0.1) is 17.3 Å². The second-order valence-corrected chi connectivity index (χ2v) is 1.92. The molecule has 3 nitrogen and oxygen atoms in total. The lowest BCUT2D eigenvalue weighted by atomic mass is 10.3. The third-order valence-electron chi connectivity index (χ3n) is 1.21. The minimum Gasteiger partial charge on any atom is -0.242 e.